The van der Waals surface area contributed by atoms with Crippen LogP contribution in [0.2, 0.25) is 0 Å². The van der Waals surface area contributed by atoms with E-state index in [2.05, 4.69) is 0 Å². The molecule has 5 heteroatoms. The number of carboxylic acids is 1. The average molecular weight is 278 g/mol. The second kappa shape index (κ2) is 9.57. The summed E-state index contributed by atoms with van der Waals surface area (Å²) < 4.78 is 11.7. The zero-order chi connectivity index (χ0) is 14.0. The number of hydrogen-bond acceptors (Lipinski definition) is 2. The number of carboxylic acid groups (broad SMARTS) is 1. The second-order valence-electron chi connectivity index (χ2n) is 5.19. The molecule has 0 saturated heterocycles. The summed E-state index contributed by atoms with van der Waals surface area (Å²) in [7, 11) is -2.91. The van der Waals surface area contributed by atoms with E-state index in [1.165, 1.54) is 0 Å². The van der Waals surface area contributed by atoms with E-state index >= 15 is 0 Å². The van der Waals surface area contributed by atoms with Crippen LogP contribution in [0, 0.1) is 0 Å². The van der Waals surface area contributed by atoms with Crippen LogP contribution in [0.3, 0.4) is 0 Å². The van der Waals surface area contributed by atoms with Gasteiger partial charge >= 0.3 is 5.97 Å². The highest BCUT2D eigenvalue weighted by Crippen LogP contribution is 2.46. The Morgan fingerprint density at radius 1 is 1.00 bits per heavy atom. The molecule has 0 aliphatic rings. The molecule has 0 bridgehead atoms. The maximum absolute atomic E-state index is 11.7. The fourth-order valence-corrected chi connectivity index (χ4v) is 2.95. The van der Waals surface area contributed by atoms with Crippen LogP contribution in [0.1, 0.15) is 65.2 Å². The highest BCUT2D eigenvalue weighted by atomic mass is 31.2. The van der Waals surface area contributed by atoms with Gasteiger partial charge in [0.2, 0.25) is 7.37 Å². The van der Waals surface area contributed by atoms with Gasteiger partial charge in [-0.05, 0) is 12.8 Å². The van der Waals surface area contributed by atoms with E-state index in [0.717, 1.165) is 44.9 Å². The molecular formula is C13H27O4P. The molecule has 0 rings (SSSR count). The smallest absolute Gasteiger partial charge is 0.303 e. The van der Waals surface area contributed by atoms with Gasteiger partial charge in [0.15, 0.2) is 0 Å². The van der Waals surface area contributed by atoms with Crippen molar-refractivity contribution in [3.8, 4) is 0 Å². The van der Waals surface area contributed by atoms with Gasteiger partial charge in [-0.3, -0.25) is 9.36 Å². The van der Waals surface area contributed by atoms with Gasteiger partial charge in [0.25, 0.3) is 0 Å². The van der Waals surface area contributed by atoms with E-state index in [1.54, 1.807) is 13.8 Å². The Balaban J connectivity index is 3.31. The zero-order valence-corrected chi connectivity index (χ0v) is 12.5. The Labute approximate surface area is 110 Å². The quantitative estimate of drug-likeness (QED) is 0.444. The third-order valence-electron chi connectivity index (χ3n) is 3.18. The van der Waals surface area contributed by atoms with Gasteiger partial charge < -0.3 is 10.00 Å². The Morgan fingerprint density at radius 3 is 1.89 bits per heavy atom. The molecule has 0 amide bonds. The van der Waals surface area contributed by atoms with Crippen molar-refractivity contribution in [3.63, 3.8) is 0 Å². The topological polar surface area (TPSA) is 74.6 Å². The molecule has 0 radical (unpaired) electrons. The summed E-state index contributed by atoms with van der Waals surface area (Å²) in [4.78, 5) is 19.9. The first-order valence-electron chi connectivity index (χ1n) is 6.89. The average Bonchev–Trinajstić information content (AvgIpc) is 2.26. The fraction of sp³-hybridized carbons (Fsp3) is 0.923. The molecule has 0 aromatic heterocycles. The molecular weight excluding hydrogens is 251 g/mol. The first kappa shape index (κ1) is 17.7. The Morgan fingerprint density at radius 2 is 1.44 bits per heavy atom. The van der Waals surface area contributed by atoms with Gasteiger partial charge in [-0.1, -0.05) is 46.0 Å². The van der Waals surface area contributed by atoms with Crippen molar-refractivity contribution >= 4 is 13.3 Å². The summed E-state index contributed by atoms with van der Waals surface area (Å²) in [5.41, 5.74) is -0.131. The van der Waals surface area contributed by atoms with Crippen molar-refractivity contribution < 1.29 is 19.4 Å². The number of hydrogen-bond donors (Lipinski definition) is 2. The first-order chi connectivity index (χ1) is 8.36. The van der Waals surface area contributed by atoms with E-state index in [4.69, 9.17) is 5.11 Å². The first-order valence-corrected chi connectivity index (χ1v) is 8.81. The number of aliphatic carboxylic acids is 1. The molecule has 1 atom stereocenters. The van der Waals surface area contributed by atoms with Crippen LogP contribution in [0.25, 0.3) is 0 Å². The summed E-state index contributed by atoms with van der Waals surface area (Å²) in [5, 5.41) is 8.46. The maximum Gasteiger partial charge on any atom is 0.303 e. The van der Waals surface area contributed by atoms with Gasteiger partial charge in [0.05, 0.1) is 0 Å². The van der Waals surface area contributed by atoms with E-state index in [-0.39, 0.29) is 12.1 Å². The predicted molar refractivity (Wildman–Crippen MR) is 74.4 cm³/mol. The molecule has 0 heterocycles. The van der Waals surface area contributed by atoms with Crippen molar-refractivity contribution in [2.75, 3.05) is 6.16 Å². The summed E-state index contributed by atoms with van der Waals surface area (Å²) in [5.74, 6) is -0.720. The van der Waals surface area contributed by atoms with Crippen LogP contribution >= 0.6 is 7.37 Å². The molecule has 18 heavy (non-hydrogen) atoms. The van der Waals surface area contributed by atoms with Crippen molar-refractivity contribution in [3.05, 3.63) is 0 Å². The Bertz CT molecular complexity index is 276. The number of rotatable bonds is 11. The highest BCUT2D eigenvalue weighted by molar-refractivity contribution is 7.58. The molecule has 0 spiro atoms. The van der Waals surface area contributed by atoms with Gasteiger partial charge in [-0.25, -0.2) is 0 Å². The second-order valence-corrected chi connectivity index (χ2v) is 8.18. The van der Waals surface area contributed by atoms with Crippen molar-refractivity contribution in [2.45, 2.75) is 70.9 Å². The molecule has 0 aromatic rings. The summed E-state index contributed by atoms with van der Waals surface area (Å²) in [6, 6.07) is 0. The number of carbonyl (C=O) groups is 1. The van der Waals surface area contributed by atoms with Gasteiger partial charge in [-0.15, -0.1) is 0 Å². The summed E-state index contributed by atoms with van der Waals surface area (Å²) >= 11 is 0. The van der Waals surface area contributed by atoms with E-state index in [9.17, 15) is 14.3 Å². The van der Waals surface area contributed by atoms with E-state index in [1.807, 2.05) is 0 Å². The minimum Gasteiger partial charge on any atom is -0.481 e. The Hall–Kier alpha value is -0.340. The van der Waals surface area contributed by atoms with E-state index in [0.29, 0.717) is 6.16 Å². The monoisotopic (exact) mass is 278 g/mol. The molecule has 108 valence electrons. The predicted octanol–water partition coefficient (Wildman–Crippen LogP) is 3.87. The molecule has 0 saturated carbocycles. The van der Waals surface area contributed by atoms with Crippen LogP contribution in [0.4, 0.5) is 0 Å². The minimum absolute atomic E-state index is 0.131. The zero-order valence-electron chi connectivity index (χ0n) is 11.6. The van der Waals surface area contributed by atoms with Gasteiger partial charge in [0.1, 0.15) is 0 Å². The molecule has 0 fully saturated rings. The normalized spacial score (nSPS) is 14.7. The molecule has 1 unspecified atom stereocenters. The molecule has 2 N–H and O–H groups in total. The maximum atomic E-state index is 11.7. The summed E-state index contributed by atoms with van der Waals surface area (Å²) in [6.45, 7) is 3.59. The third kappa shape index (κ3) is 9.67. The lowest BCUT2D eigenvalue weighted by Crippen LogP contribution is -2.01. The van der Waals surface area contributed by atoms with Crippen LogP contribution in [0.5, 0.6) is 0 Å². The van der Waals surface area contributed by atoms with Crippen molar-refractivity contribution in [1.29, 1.82) is 0 Å². The lowest BCUT2D eigenvalue weighted by atomic mass is 10.1. The fourth-order valence-electron chi connectivity index (χ4n) is 1.76. The summed E-state index contributed by atoms with van der Waals surface area (Å²) in [6.07, 6.45) is 7.48. The lowest BCUT2D eigenvalue weighted by molar-refractivity contribution is -0.137. The van der Waals surface area contributed by atoms with Crippen molar-refractivity contribution in [1.82, 2.24) is 0 Å². The highest BCUT2D eigenvalue weighted by Gasteiger charge is 2.21. The molecule has 0 aromatic carbocycles. The third-order valence-corrected chi connectivity index (χ3v) is 5.75. The van der Waals surface area contributed by atoms with Crippen LogP contribution in [-0.4, -0.2) is 27.8 Å². The van der Waals surface area contributed by atoms with E-state index < -0.39 is 13.3 Å². The van der Waals surface area contributed by atoms with Crippen molar-refractivity contribution in [2.24, 2.45) is 0 Å². The SMILES string of the molecule is CC(C)P(=O)(O)CCCCCCCCCC(=O)O. The Kier molecular flexibility index (Phi) is 9.39. The molecule has 0 aliphatic heterocycles. The minimum atomic E-state index is -2.91. The van der Waals surface area contributed by atoms with Crippen LogP contribution < -0.4 is 0 Å². The lowest BCUT2D eigenvalue weighted by Gasteiger charge is -2.14. The standard InChI is InChI=1S/C13H27O4P/c1-12(2)18(16,17)11-9-7-5-3-4-6-8-10-13(14)15/h12H,3-11H2,1-2H3,(H,14,15)(H,16,17). The van der Waals surface area contributed by atoms with Crippen LogP contribution in [0.15, 0.2) is 0 Å². The van der Waals surface area contributed by atoms with Gasteiger partial charge in [-0.2, -0.15) is 0 Å². The largest absolute Gasteiger partial charge is 0.481 e. The number of unbranched alkanes of at least 4 members (excludes halogenated alkanes) is 6. The molecule has 0 aliphatic carbocycles. The molecule has 4 nitrogen and oxygen atoms in total. The van der Waals surface area contributed by atoms with Gasteiger partial charge in [0, 0.05) is 18.2 Å². The van der Waals surface area contributed by atoms with Crippen LogP contribution in [-0.2, 0) is 9.36 Å².